The average Bonchev–Trinajstić information content (AvgIpc) is 2.01. The second-order valence-corrected chi connectivity index (χ2v) is 2.78. The molecule has 0 spiro atoms. The molecule has 1 nitrogen and oxygen atoms in total. The maximum atomic E-state index is 11.6. The van der Waals surface area contributed by atoms with Crippen molar-refractivity contribution >= 4 is 0 Å². The lowest BCUT2D eigenvalue weighted by Crippen LogP contribution is -2.19. The van der Waals surface area contributed by atoms with Crippen molar-refractivity contribution in [2.75, 3.05) is 13.1 Å². The molecule has 76 valence electrons. The van der Waals surface area contributed by atoms with Crippen molar-refractivity contribution in [2.45, 2.75) is 31.9 Å². The molecule has 4 heteroatoms. The summed E-state index contributed by atoms with van der Waals surface area (Å²) in [5, 5.41) is 2.90. The Morgan fingerprint density at radius 3 is 2.31 bits per heavy atom. The molecule has 0 heterocycles. The Morgan fingerprint density at radius 1 is 1.15 bits per heavy atom. The van der Waals surface area contributed by atoms with Crippen molar-refractivity contribution in [1.82, 2.24) is 5.32 Å². The van der Waals surface area contributed by atoms with Crippen LogP contribution in [-0.2, 0) is 0 Å². The van der Waals surface area contributed by atoms with Gasteiger partial charge in [-0.1, -0.05) is 0 Å². The number of hydrogen-bond acceptors (Lipinski definition) is 1. The quantitative estimate of drug-likeness (QED) is 0.504. The second kappa shape index (κ2) is 6.79. The van der Waals surface area contributed by atoms with Crippen molar-refractivity contribution in [3.05, 3.63) is 0 Å². The highest BCUT2D eigenvalue weighted by Gasteiger charge is 2.25. The smallest absolute Gasteiger partial charge is 0.317 e. The van der Waals surface area contributed by atoms with Gasteiger partial charge < -0.3 is 5.32 Å². The van der Waals surface area contributed by atoms with E-state index in [4.69, 9.17) is 6.42 Å². The van der Waals surface area contributed by atoms with Crippen molar-refractivity contribution in [3.8, 4) is 12.3 Å². The molecule has 0 aromatic heterocycles. The standard InChI is InChI=1S/C9H14F3N/c1-2-3-4-7-13-8-5-6-9(10,11)12/h1,13H,3-8H2. The van der Waals surface area contributed by atoms with Gasteiger partial charge in [0.2, 0.25) is 0 Å². The summed E-state index contributed by atoms with van der Waals surface area (Å²) in [6, 6.07) is 0. The zero-order valence-electron chi connectivity index (χ0n) is 7.45. The lowest BCUT2D eigenvalue weighted by Gasteiger charge is -2.06. The van der Waals surface area contributed by atoms with Gasteiger partial charge in [-0.15, -0.1) is 12.3 Å². The Labute approximate surface area is 76.7 Å². The summed E-state index contributed by atoms with van der Waals surface area (Å²) in [5.74, 6) is 2.46. The molecule has 0 atom stereocenters. The topological polar surface area (TPSA) is 12.0 Å². The molecule has 0 aliphatic heterocycles. The second-order valence-electron chi connectivity index (χ2n) is 2.78. The first-order chi connectivity index (χ1) is 6.06. The van der Waals surface area contributed by atoms with Crippen LogP contribution in [0.1, 0.15) is 25.7 Å². The Balaban J connectivity index is 3.05. The maximum absolute atomic E-state index is 11.6. The number of alkyl halides is 3. The van der Waals surface area contributed by atoms with E-state index in [0.717, 1.165) is 6.42 Å². The number of rotatable bonds is 6. The summed E-state index contributed by atoms with van der Waals surface area (Å²) in [5.41, 5.74) is 0. The summed E-state index contributed by atoms with van der Waals surface area (Å²) in [6.45, 7) is 1.10. The van der Waals surface area contributed by atoms with Gasteiger partial charge in [-0.3, -0.25) is 0 Å². The van der Waals surface area contributed by atoms with Crippen molar-refractivity contribution in [2.24, 2.45) is 0 Å². The van der Waals surface area contributed by atoms with Gasteiger partial charge in [0.05, 0.1) is 0 Å². The van der Waals surface area contributed by atoms with E-state index in [1.54, 1.807) is 0 Å². The van der Waals surface area contributed by atoms with Gasteiger partial charge in [0.25, 0.3) is 0 Å². The van der Waals surface area contributed by atoms with Crippen LogP contribution in [0.5, 0.6) is 0 Å². The first-order valence-electron chi connectivity index (χ1n) is 4.27. The van der Waals surface area contributed by atoms with Crippen LogP contribution < -0.4 is 5.32 Å². The molecule has 0 radical (unpaired) electrons. The molecule has 1 N–H and O–H groups in total. The van der Waals surface area contributed by atoms with E-state index in [0.29, 0.717) is 19.5 Å². The van der Waals surface area contributed by atoms with Gasteiger partial charge in [-0.25, -0.2) is 0 Å². The van der Waals surface area contributed by atoms with Crippen LogP contribution in [-0.4, -0.2) is 19.3 Å². The molecule has 0 bridgehead atoms. The molecular formula is C9H14F3N. The van der Waals surface area contributed by atoms with E-state index in [1.165, 1.54) is 0 Å². The summed E-state index contributed by atoms with van der Waals surface area (Å²) in [7, 11) is 0. The highest BCUT2D eigenvalue weighted by atomic mass is 19.4. The predicted molar refractivity (Wildman–Crippen MR) is 46.2 cm³/mol. The van der Waals surface area contributed by atoms with Crippen LogP contribution in [0, 0.1) is 12.3 Å². The number of unbranched alkanes of at least 4 members (excludes halogenated alkanes) is 1. The summed E-state index contributed by atoms with van der Waals surface area (Å²) >= 11 is 0. The van der Waals surface area contributed by atoms with Gasteiger partial charge in [0.15, 0.2) is 0 Å². The molecule has 0 saturated heterocycles. The minimum atomic E-state index is -4.03. The monoisotopic (exact) mass is 193 g/mol. The van der Waals surface area contributed by atoms with Crippen LogP contribution in [0.2, 0.25) is 0 Å². The Morgan fingerprint density at radius 2 is 1.77 bits per heavy atom. The number of halogens is 3. The summed E-state index contributed by atoms with van der Waals surface area (Å²) < 4.78 is 34.9. The van der Waals surface area contributed by atoms with Crippen molar-refractivity contribution in [3.63, 3.8) is 0 Å². The van der Waals surface area contributed by atoms with Gasteiger partial charge in [0.1, 0.15) is 0 Å². The summed E-state index contributed by atoms with van der Waals surface area (Å²) in [6.07, 6.45) is 1.89. The molecule has 0 saturated carbocycles. The number of nitrogens with one attached hydrogen (secondary N) is 1. The Bertz CT molecular complexity index is 157. The molecule has 0 amide bonds. The van der Waals surface area contributed by atoms with E-state index in [9.17, 15) is 13.2 Å². The number of hydrogen-bond donors (Lipinski definition) is 1. The van der Waals surface area contributed by atoms with Gasteiger partial charge >= 0.3 is 6.18 Å². The fourth-order valence-corrected chi connectivity index (χ4v) is 0.854. The highest BCUT2D eigenvalue weighted by Crippen LogP contribution is 2.20. The minimum absolute atomic E-state index is 0.138. The molecule has 0 rings (SSSR count). The first kappa shape index (κ1) is 12.3. The third kappa shape index (κ3) is 11.3. The van der Waals surface area contributed by atoms with Crippen LogP contribution in [0.15, 0.2) is 0 Å². The molecule has 0 aliphatic rings. The third-order valence-corrected chi connectivity index (χ3v) is 1.49. The Kier molecular flexibility index (Phi) is 6.43. The molecular weight excluding hydrogens is 179 g/mol. The van der Waals surface area contributed by atoms with Crippen LogP contribution in [0.4, 0.5) is 13.2 Å². The first-order valence-corrected chi connectivity index (χ1v) is 4.27. The number of terminal acetylenes is 1. The molecule has 0 aromatic carbocycles. The fourth-order valence-electron chi connectivity index (χ4n) is 0.854. The molecule has 13 heavy (non-hydrogen) atoms. The van der Waals surface area contributed by atoms with E-state index >= 15 is 0 Å². The van der Waals surface area contributed by atoms with Crippen molar-refractivity contribution < 1.29 is 13.2 Å². The Hall–Kier alpha value is -0.690. The highest BCUT2D eigenvalue weighted by molar-refractivity contribution is 4.83. The summed E-state index contributed by atoms with van der Waals surface area (Å²) in [4.78, 5) is 0. The van der Waals surface area contributed by atoms with Crippen LogP contribution >= 0.6 is 0 Å². The van der Waals surface area contributed by atoms with Crippen molar-refractivity contribution in [1.29, 1.82) is 0 Å². The third-order valence-electron chi connectivity index (χ3n) is 1.49. The van der Waals surface area contributed by atoms with E-state index in [-0.39, 0.29) is 6.42 Å². The van der Waals surface area contributed by atoms with Gasteiger partial charge in [0, 0.05) is 12.8 Å². The maximum Gasteiger partial charge on any atom is 0.389 e. The van der Waals surface area contributed by atoms with Crippen LogP contribution in [0.3, 0.4) is 0 Å². The zero-order chi connectivity index (χ0) is 10.2. The SMILES string of the molecule is C#CCCCNCCCC(F)(F)F. The van der Waals surface area contributed by atoms with Gasteiger partial charge in [-0.05, 0) is 25.9 Å². The van der Waals surface area contributed by atoms with Crippen LogP contribution in [0.25, 0.3) is 0 Å². The largest absolute Gasteiger partial charge is 0.389 e. The molecule has 0 aromatic rings. The van der Waals surface area contributed by atoms with E-state index in [1.807, 2.05) is 0 Å². The average molecular weight is 193 g/mol. The van der Waals surface area contributed by atoms with E-state index < -0.39 is 12.6 Å². The molecule has 0 unspecified atom stereocenters. The predicted octanol–water partition coefficient (Wildman–Crippen LogP) is 2.33. The molecule has 0 aliphatic carbocycles. The van der Waals surface area contributed by atoms with E-state index in [2.05, 4.69) is 11.2 Å². The zero-order valence-corrected chi connectivity index (χ0v) is 7.45. The lowest BCUT2D eigenvalue weighted by atomic mass is 10.3. The lowest BCUT2D eigenvalue weighted by molar-refractivity contribution is -0.135. The normalized spacial score (nSPS) is 11.2. The molecule has 0 fully saturated rings. The fraction of sp³-hybridized carbons (Fsp3) is 0.778. The minimum Gasteiger partial charge on any atom is -0.317 e. The van der Waals surface area contributed by atoms with Gasteiger partial charge in [-0.2, -0.15) is 13.2 Å².